The predicted octanol–water partition coefficient (Wildman–Crippen LogP) is 2.63. The molecule has 4 nitrogen and oxygen atoms in total. The summed E-state index contributed by atoms with van der Waals surface area (Å²) in [6.07, 6.45) is 0.978. The van der Waals surface area contributed by atoms with Gasteiger partial charge >= 0.3 is 0 Å². The van der Waals surface area contributed by atoms with E-state index in [4.69, 9.17) is 9.47 Å². The van der Waals surface area contributed by atoms with Gasteiger partial charge in [0.2, 0.25) is 0 Å². The van der Waals surface area contributed by atoms with E-state index in [-0.39, 0.29) is 12.5 Å². The molecule has 1 N–H and O–H groups in total. The standard InChI is InChI=1S/C15H23NO3/c1-4-18-13-6-5-7-14(10-13)19-11-15(17)16-9-8-12(2)3/h5-7,10,12H,4,8-9,11H2,1-3H3,(H,16,17). The van der Waals surface area contributed by atoms with Gasteiger partial charge in [-0.2, -0.15) is 0 Å². The van der Waals surface area contributed by atoms with Crippen LogP contribution in [0.2, 0.25) is 0 Å². The van der Waals surface area contributed by atoms with Crippen molar-refractivity contribution < 1.29 is 14.3 Å². The molecule has 4 heteroatoms. The SMILES string of the molecule is CCOc1cccc(OCC(=O)NCCC(C)C)c1. The summed E-state index contributed by atoms with van der Waals surface area (Å²) >= 11 is 0. The van der Waals surface area contributed by atoms with Gasteiger partial charge in [-0.3, -0.25) is 4.79 Å². The second kappa shape index (κ2) is 8.40. The van der Waals surface area contributed by atoms with Gasteiger partial charge in [0.15, 0.2) is 6.61 Å². The minimum Gasteiger partial charge on any atom is -0.494 e. The van der Waals surface area contributed by atoms with Crippen molar-refractivity contribution in [3.63, 3.8) is 0 Å². The molecule has 0 spiro atoms. The van der Waals surface area contributed by atoms with Crippen molar-refractivity contribution in [1.29, 1.82) is 0 Å². The van der Waals surface area contributed by atoms with Crippen LogP contribution in [-0.4, -0.2) is 25.7 Å². The highest BCUT2D eigenvalue weighted by atomic mass is 16.5. The molecule has 0 heterocycles. The monoisotopic (exact) mass is 265 g/mol. The van der Waals surface area contributed by atoms with Gasteiger partial charge in [0.05, 0.1) is 6.61 Å². The molecule has 0 unspecified atom stereocenters. The van der Waals surface area contributed by atoms with Crippen LogP contribution < -0.4 is 14.8 Å². The third-order valence-electron chi connectivity index (χ3n) is 2.53. The first kappa shape index (κ1) is 15.3. The lowest BCUT2D eigenvalue weighted by atomic mass is 10.1. The molecular formula is C15H23NO3. The highest BCUT2D eigenvalue weighted by molar-refractivity contribution is 5.77. The van der Waals surface area contributed by atoms with Crippen molar-refractivity contribution in [1.82, 2.24) is 5.32 Å². The predicted molar refractivity (Wildman–Crippen MR) is 75.6 cm³/mol. The third kappa shape index (κ3) is 6.70. The summed E-state index contributed by atoms with van der Waals surface area (Å²) in [5.41, 5.74) is 0. The highest BCUT2D eigenvalue weighted by Gasteiger charge is 2.03. The molecule has 0 aliphatic heterocycles. The zero-order valence-electron chi connectivity index (χ0n) is 11.9. The molecule has 0 aliphatic rings. The Hall–Kier alpha value is -1.71. The van der Waals surface area contributed by atoms with Crippen LogP contribution in [0.5, 0.6) is 11.5 Å². The smallest absolute Gasteiger partial charge is 0.257 e. The van der Waals surface area contributed by atoms with E-state index in [2.05, 4.69) is 19.2 Å². The largest absolute Gasteiger partial charge is 0.494 e. The van der Waals surface area contributed by atoms with E-state index in [0.717, 1.165) is 12.2 Å². The Balaban J connectivity index is 2.31. The number of benzene rings is 1. The number of nitrogens with one attached hydrogen (secondary N) is 1. The molecule has 19 heavy (non-hydrogen) atoms. The van der Waals surface area contributed by atoms with Crippen molar-refractivity contribution in [3.8, 4) is 11.5 Å². The van der Waals surface area contributed by atoms with Crippen molar-refractivity contribution in [2.24, 2.45) is 5.92 Å². The average Bonchev–Trinajstić information content (AvgIpc) is 2.37. The summed E-state index contributed by atoms with van der Waals surface area (Å²) in [6.45, 7) is 7.52. The molecule has 106 valence electrons. The molecule has 1 aromatic carbocycles. The Morgan fingerprint density at radius 3 is 2.58 bits per heavy atom. The molecule has 1 amide bonds. The van der Waals surface area contributed by atoms with Crippen molar-refractivity contribution in [2.45, 2.75) is 27.2 Å². The molecule has 0 saturated heterocycles. The molecule has 0 aromatic heterocycles. The van der Waals surface area contributed by atoms with Crippen LogP contribution in [0.15, 0.2) is 24.3 Å². The summed E-state index contributed by atoms with van der Waals surface area (Å²) in [5.74, 6) is 1.89. The second-order valence-corrected chi connectivity index (χ2v) is 4.73. The topological polar surface area (TPSA) is 47.6 Å². The quantitative estimate of drug-likeness (QED) is 0.786. The van der Waals surface area contributed by atoms with Gasteiger partial charge in [-0.05, 0) is 31.4 Å². The number of ether oxygens (including phenoxy) is 2. The van der Waals surface area contributed by atoms with Gasteiger partial charge in [0.25, 0.3) is 5.91 Å². The van der Waals surface area contributed by atoms with Crippen LogP contribution in [-0.2, 0) is 4.79 Å². The minimum absolute atomic E-state index is 0.0354. The minimum atomic E-state index is -0.0949. The van der Waals surface area contributed by atoms with Crippen molar-refractivity contribution in [2.75, 3.05) is 19.8 Å². The number of hydrogen-bond acceptors (Lipinski definition) is 3. The molecule has 1 rings (SSSR count). The van der Waals surface area contributed by atoms with E-state index in [1.165, 1.54) is 0 Å². The average molecular weight is 265 g/mol. The maximum atomic E-state index is 11.5. The molecule has 0 saturated carbocycles. The van der Waals surface area contributed by atoms with Gasteiger partial charge in [0.1, 0.15) is 11.5 Å². The van der Waals surface area contributed by atoms with E-state index in [1.54, 1.807) is 6.07 Å². The lowest BCUT2D eigenvalue weighted by molar-refractivity contribution is -0.123. The number of hydrogen-bond donors (Lipinski definition) is 1. The van der Waals surface area contributed by atoms with Crippen LogP contribution >= 0.6 is 0 Å². The Bertz CT molecular complexity index is 391. The second-order valence-electron chi connectivity index (χ2n) is 4.73. The lowest BCUT2D eigenvalue weighted by Crippen LogP contribution is -2.30. The Kier molecular flexibility index (Phi) is 6.79. The fourth-order valence-corrected chi connectivity index (χ4v) is 1.52. The van der Waals surface area contributed by atoms with Gasteiger partial charge in [-0.1, -0.05) is 19.9 Å². The maximum absolute atomic E-state index is 11.5. The van der Waals surface area contributed by atoms with Crippen molar-refractivity contribution in [3.05, 3.63) is 24.3 Å². The molecule has 0 radical (unpaired) electrons. The summed E-state index contributed by atoms with van der Waals surface area (Å²) in [6, 6.07) is 7.30. The van der Waals surface area contributed by atoms with Crippen LogP contribution in [0.3, 0.4) is 0 Å². The Morgan fingerprint density at radius 1 is 1.26 bits per heavy atom. The van der Waals surface area contributed by atoms with E-state index in [1.807, 2.05) is 25.1 Å². The summed E-state index contributed by atoms with van der Waals surface area (Å²) in [4.78, 5) is 11.5. The van der Waals surface area contributed by atoms with Crippen LogP contribution in [0.1, 0.15) is 27.2 Å². The molecule has 1 aromatic rings. The Labute approximate surface area is 115 Å². The highest BCUT2D eigenvalue weighted by Crippen LogP contribution is 2.19. The molecular weight excluding hydrogens is 242 g/mol. The normalized spacial score (nSPS) is 10.3. The van der Waals surface area contributed by atoms with E-state index >= 15 is 0 Å². The number of carbonyl (C=O) groups excluding carboxylic acids is 1. The first-order valence-corrected chi connectivity index (χ1v) is 6.74. The Morgan fingerprint density at radius 2 is 1.95 bits per heavy atom. The first-order valence-electron chi connectivity index (χ1n) is 6.74. The van der Waals surface area contributed by atoms with E-state index < -0.39 is 0 Å². The first-order chi connectivity index (χ1) is 9.11. The lowest BCUT2D eigenvalue weighted by Gasteiger charge is -2.09. The number of amides is 1. The zero-order valence-corrected chi connectivity index (χ0v) is 11.9. The van der Waals surface area contributed by atoms with Gasteiger partial charge in [-0.25, -0.2) is 0 Å². The van der Waals surface area contributed by atoms with E-state index in [0.29, 0.717) is 24.8 Å². The van der Waals surface area contributed by atoms with Crippen LogP contribution in [0.4, 0.5) is 0 Å². The summed E-state index contributed by atoms with van der Waals surface area (Å²) < 4.78 is 10.8. The van der Waals surface area contributed by atoms with Crippen molar-refractivity contribution >= 4 is 5.91 Å². The zero-order chi connectivity index (χ0) is 14.1. The summed E-state index contributed by atoms with van der Waals surface area (Å²) in [7, 11) is 0. The van der Waals surface area contributed by atoms with E-state index in [9.17, 15) is 4.79 Å². The summed E-state index contributed by atoms with van der Waals surface area (Å²) in [5, 5.41) is 2.83. The molecule has 0 fully saturated rings. The van der Waals surface area contributed by atoms with Crippen LogP contribution in [0, 0.1) is 5.92 Å². The number of rotatable bonds is 8. The molecule has 0 aliphatic carbocycles. The maximum Gasteiger partial charge on any atom is 0.257 e. The fourth-order valence-electron chi connectivity index (χ4n) is 1.52. The third-order valence-corrected chi connectivity index (χ3v) is 2.53. The molecule has 0 bridgehead atoms. The van der Waals surface area contributed by atoms with Gasteiger partial charge in [-0.15, -0.1) is 0 Å². The van der Waals surface area contributed by atoms with Crippen LogP contribution in [0.25, 0.3) is 0 Å². The van der Waals surface area contributed by atoms with Gasteiger partial charge in [0, 0.05) is 12.6 Å². The number of carbonyl (C=O) groups is 1. The fraction of sp³-hybridized carbons (Fsp3) is 0.533. The van der Waals surface area contributed by atoms with Gasteiger partial charge < -0.3 is 14.8 Å². The molecule has 0 atom stereocenters.